The third-order valence-corrected chi connectivity index (χ3v) is 2.74. The molecule has 0 aliphatic rings. The first-order chi connectivity index (χ1) is 8.17. The summed E-state index contributed by atoms with van der Waals surface area (Å²) < 4.78 is 5.38. The van der Waals surface area contributed by atoms with Crippen LogP contribution in [0.25, 0.3) is 0 Å². The molecule has 0 aliphatic carbocycles. The van der Waals surface area contributed by atoms with Gasteiger partial charge in [0.25, 0.3) is 0 Å². The maximum atomic E-state index is 8.76. The molecule has 1 aromatic rings. The molecule has 1 N–H and O–H groups in total. The number of rotatable bonds is 7. The molecule has 1 rings (SSSR count). The fourth-order valence-corrected chi connectivity index (χ4v) is 1.90. The van der Waals surface area contributed by atoms with Crippen LogP contribution in [0.5, 0.6) is 5.75 Å². The fourth-order valence-electron chi connectivity index (χ4n) is 1.65. The number of aliphatic hydroxyl groups excluding tert-OH is 1. The van der Waals surface area contributed by atoms with E-state index in [1.807, 2.05) is 32.2 Å². The number of aliphatic hydroxyl groups is 1. The van der Waals surface area contributed by atoms with Crippen LogP contribution in [0.3, 0.4) is 0 Å². The number of hydrogen-bond donors (Lipinski definition) is 1. The van der Waals surface area contributed by atoms with Crippen LogP contribution >= 0.6 is 11.6 Å². The monoisotopic (exact) mass is 257 g/mol. The van der Waals surface area contributed by atoms with Crippen LogP contribution in [-0.4, -0.2) is 36.8 Å². The number of hydrogen-bond acceptors (Lipinski definition) is 3. The second kappa shape index (κ2) is 7.54. The molecule has 4 heteroatoms. The van der Waals surface area contributed by atoms with Gasteiger partial charge in [-0.1, -0.05) is 17.7 Å². The summed E-state index contributed by atoms with van der Waals surface area (Å²) in [6.07, 6.45) is 0.793. The Kier molecular flexibility index (Phi) is 6.34. The highest BCUT2D eigenvalue weighted by Gasteiger charge is 2.04. The maximum absolute atomic E-state index is 8.76. The topological polar surface area (TPSA) is 32.7 Å². The molecule has 0 aromatic heterocycles. The Labute approximate surface area is 108 Å². The van der Waals surface area contributed by atoms with Crippen LogP contribution in [0.15, 0.2) is 18.2 Å². The molecule has 3 nitrogen and oxygen atoms in total. The lowest BCUT2D eigenvalue weighted by Crippen LogP contribution is -2.19. The zero-order valence-corrected chi connectivity index (χ0v) is 11.2. The van der Waals surface area contributed by atoms with Gasteiger partial charge in [-0.15, -0.1) is 0 Å². The highest BCUT2D eigenvalue weighted by molar-refractivity contribution is 6.32. The molecule has 1 aromatic carbocycles. The predicted molar refractivity (Wildman–Crippen MR) is 70.7 cm³/mol. The summed E-state index contributed by atoms with van der Waals surface area (Å²) in [6.45, 7) is 4.49. The number of ether oxygens (including phenoxy) is 1. The molecule has 96 valence electrons. The average Bonchev–Trinajstić information content (AvgIpc) is 2.30. The van der Waals surface area contributed by atoms with Crippen molar-refractivity contribution in [3.8, 4) is 5.75 Å². The van der Waals surface area contributed by atoms with E-state index in [2.05, 4.69) is 4.90 Å². The van der Waals surface area contributed by atoms with Crippen molar-refractivity contribution in [2.45, 2.75) is 19.9 Å². The number of halogens is 1. The van der Waals surface area contributed by atoms with Gasteiger partial charge in [-0.25, -0.2) is 0 Å². The van der Waals surface area contributed by atoms with E-state index in [0.29, 0.717) is 11.6 Å². The van der Waals surface area contributed by atoms with Crippen LogP contribution in [0.2, 0.25) is 5.02 Å². The van der Waals surface area contributed by atoms with E-state index >= 15 is 0 Å². The van der Waals surface area contributed by atoms with Gasteiger partial charge in [-0.3, -0.25) is 0 Å². The molecule has 0 bridgehead atoms. The third kappa shape index (κ3) is 4.94. The largest absolute Gasteiger partial charge is 0.492 e. The Morgan fingerprint density at radius 1 is 1.41 bits per heavy atom. The number of benzene rings is 1. The summed E-state index contributed by atoms with van der Waals surface area (Å²) in [5.74, 6) is 0.732. The van der Waals surface area contributed by atoms with Gasteiger partial charge in [0.1, 0.15) is 5.75 Å². The lowest BCUT2D eigenvalue weighted by Gasteiger charge is -2.16. The first kappa shape index (κ1) is 14.3. The fraction of sp³-hybridized carbons (Fsp3) is 0.538. The van der Waals surface area contributed by atoms with E-state index in [1.165, 1.54) is 0 Å². The van der Waals surface area contributed by atoms with Crippen molar-refractivity contribution in [1.82, 2.24) is 4.90 Å². The van der Waals surface area contributed by atoms with Gasteiger partial charge in [0.15, 0.2) is 0 Å². The standard InChI is InChI=1S/C13H20ClNO2/c1-3-17-13-6-5-11(9-12(13)14)10-15(2)7-4-8-16/h5-6,9,16H,3-4,7-8,10H2,1-2H3. The molecule has 0 saturated heterocycles. The van der Waals surface area contributed by atoms with E-state index in [1.54, 1.807) is 0 Å². The SMILES string of the molecule is CCOc1ccc(CN(C)CCCO)cc1Cl. The van der Waals surface area contributed by atoms with Crippen LogP contribution in [0.4, 0.5) is 0 Å². The molecule has 0 unspecified atom stereocenters. The predicted octanol–water partition coefficient (Wildman–Crippen LogP) is 2.55. The molecule has 0 amide bonds. The van der Waals surface area contributed by atoms with Gasteiger partial charge in [0.2, 0.25) is 0 Å². The second-order valence-corrected chi connectivity index (χ2v) is 4.42. The molecular formula is C13H20ClNO2. The average molecular weight is 258 g/mol. The smallest absolute Gasteiger partial charge is 0.137 e. The van der Waals surface area contributed by atoms with Gasteiger partial charge in [-0.2, -0.15) is 0 Å². The molecule has 0 atom stereocenters. The third-order valence-electron chi connectivity index (χ3n) is 2.45. The van der Waals surface area contributed by atoms with Gasteiger partial charge in [-0.05, 0) is 38.1 Å². The Morgan fingerprint density at radius 3 is 2.76 bits per heavy atom. The van der Waals surface area contributed by atoms with Crippen molar-refractivity contribution < 1.29 is 9.84 Å². The van der Waals surface area contributed by atoms with Crippen LogP contribution in [0.1, 0.15) is 18.9 Å². The van der Waals surface area contributed by atoms with Crippen molar-refractivity contribution in [1.29, 1.82) is 0 Å². The summed E-state index contributed by atoms with van der Waals surface area (Å²) in [4.78, 5) is 2.15. The lowest BCUT2D eigenvalue weighted by molar-refractivity contribution is 0.244. The van der Waals surface area contributed by atoms with Crippen LogP contribution in [-0.2, 0) is 6.54 Å². The zero-order valence-electron chi connectivity index (χ0n) is 10.4. The highest BCUT2D eigenvalue weighted by Crippen LogP contribution is 2.25. The van der Waals surface area contributed by atoms with E-state index in [0.717, 1.165) is 30.8 Å². The van der Waals surface area contributed by atoms with E-state index in [9.17, 15) is 0 Å². The first-order valence-electron chi connectivity index (χ1n) is 5.88. The van der Waals surface area contributed by atoms with Gasteiger partial charge >= 0.3 is 0 Å². The van der Waals surface area contributed by atoms with E-state index in [4.69, 9.17) is 21.4 Å². The zero-order chi connectivity index (χ0) is 12.7. The lowest BCUT2D eigenvalue weighted by atomic mass is 10.2. The summed E-state index contributed by atoms with van der Waals surface area (Å²) in [6, 6.07) is 5.86. The Morgan fingerprint density at radius 2 is 2.18 bits per heavy atom. The second-order valence-electron chi connectivity index (χ2n) is 4.01. The van der Waals surface area contributed by atoms with Crippen molar-refractivity contribution in [2.24, 2.45) is 0 Å². The van der Waals surface area contributed by atoms with Gasteiger partial charge in [0, 0.05) is 19.7 Å². The summed E-state index contributed by atoms with van der Waals surface area (Å²) >= 11 is 6.11. The van der Waals surface area contributed by atoms with Crippen molar-refractivity contribution in [2.75, 3.05) is 26.8 Å². The molecule has 0 heterocycles. The summed E-state index contributed by atoms with van der Waals surface area (Å²) in [7, 11) is 2.03. The summed E-state index contributed by atoms with van der Waals surface area (Å²) in [5, 5.41) is 9.41. The quantitative estimate of drug-likeness (QED) is 0.815. The summed E-state index contributed by atoms with van der Waals surface area (Å²) in [5.41, 5.74) is 1.15. The first-order valence-corrected chi connectivity index (χ1v) is 6.25. The highest BCUT2D eigenvalue weighted by atomic mass is 35.5. The minimum atomic E-state index is 0.231. The van der Waals surface area contributed by atoms with Crippen molar-refractivity contribution in [3.63, 3.8) is 0 Å². The molecular weight excluding hydrogens is 238 g/mol. The van der Waals surface area contributed by atoms with Crippen molar-refractivity contribution >= 4 is 11.6 Å². The minimum Gasteiger partial charge on any atom is -0.492 e. The normalized spacial score (nSPS) is 10.9. The van der Waals surface area contributed by atoms with Gasteiger partial charge in [0.05, 0.1) is 11.6 Å². The molecule has 17 heavy (non-hydrogen) atoms. The van der Waals surface area contributed by atoms with Gasteiger partial charge < -0.3 is 14.7 Å². The Balaban J connectivity index is 2.57. The maximum Gasteiger partial charge on any atom is 0.137 e. The minimum absolute atomic E-state index is 0.231. The molecule has 0 spiro atoms. The number of nitrogens with zero attached hydrogens (tertiary/aromatic N) is 1. The van der Waals surface area contributed by atoms with Crippen LogP contribution in [0, 0.1) is 0 Å². The molecule has 0 aliphatic heterocycles. The Bertz CT molecular complexity index is 344. The molecule has 0 saturated carbocycles. The molecule has 0 radical (unpaired) electrons. The van der Waals surface area contributed by atoms with E-state index in [-0.39, 0.29) is 6.61 Å². The van der Waals surface area contributed by atoms with Crippen LogP contribution < -0.4 is 4.74 Å². The Hall–Kier alpha value is -0.770. The van der Waals surface area contributed by atoms with Crippen molar-refractivity contribution in [3.05, 3.63) is 28.8 Å². The van der Waals surface area contributed by atoms with E-state index < -0.39 is 0 Å². The molecule has 0 fully saturated rings.